The number of nitrogens with zero attached hydrogens (tertiary/aromatic N) is 1. The molecule has 1 heterocycles. The number of methoxy groups -OCH3 is 1. The molecule has 0 bridgehead atoms. The van der Waals surface area contributed by atoms with Gasteiger partial charge in [-0.1, -0.05) is 30.9 Å². The summed E-state index contributed by atoms with van der Waals surface area (Å²) in [6, 6.07) is 0. The van der Waals surface area contributed by atoms with Crippen molar-refractivity contribution in [2.24, 2.45) is 5.41 Å². The summed E-state index contributed by atoms with van der Waals surface area (Å²) in [4.78, 5) is 13.4. The van der Waals surface area contributed by atoms with E-state index in [0.717, 1.165) is 0 Å². The Morgan fingerprint density at radius 3 is 2.53 bits per heavy atom. The van der Waals surface area contributed by atoms with Gasteiger partial charge in [-0.3, -0.25) is 4.79 Å². The molecule has 2 rings (SSSR count). The third kappa shape index (κ3) is 1.43. The van der Waals surface area contributed by atoms with E-state index in [-0.39, 0.29) is 17.4 Å². The third-order valence-electron chi connectivity index (χ3n) is 3.10. The highest BCUT2D eigenvalue weighted by molar-refractivity contribution is 5.98. The van der Waals surface area contributed by atoms with Gasteiger partial charge in [0.05, 0.1) is 11.5 Å². The van der Waals surface area contributed by atoms with E-state index in [9.17, 15) is 4.79 Å². The fraction of sp³-hybridized carbons (Fsp3) is 0.417. The molecule has 0 aromatic heterocycles. The Labute approximate surface area is 89.7 Å². The molecule has 1 amide bonds. The Balaban J connectivity index is 2.28. The molecule has 1 saturated heterocycles. The third-order valence-corrected chi connectivity index (χ3v) is 3.10. The molecule has 1 aliphatic carbocycles. The highest BCUT2D eigenvalue weighted by Gasteiger charge is 2.42. The number of carbonyl (C=O) groups is 1. The van der Waals surface area contributed by atoms with Crippen LogP contribution in [0.4, 0.5) is 0 Å². The molecule has 2 aliphatic rings. The molecule has 0 aromatic carbocycles. The van der Waals surface area contributed by atoms with E-state index in [1.807, 2.05) is 24.3 Å². The fourth-order valence-electron chi connectivity index (χ4n) is 2.11. The van der Waals surface area contributed by atoms with Gasteiger partial charge in [-0.15, -0.1) is 0 Å². The summed E-state index contributed by atoms with van der Waals surface area (Å²) in [6.07, 6.45) is 8.00. The van der Waals surface area contributed by atoms with Crippen molar-refractivity contribution in [3.63, 3.8) is 0 Å². The van der Waals surface area contributed by atoms with Gasteiger partial charge in [-0.2, -0.15) is 0 Å². The van der Waals surface area contributed by atoms with E-state index in [2.05, 4.69) is 6.58 Å². The smallest absolute Gasteiger partial charge is 0.250 e. The van der Waals surface area contributed by atoms with Gasteiger partial charge in [0.15, 0.2) is 0 Å². The maximum atomic E-state index is 11.7. The quantitative estimate of drug-likeness (QED) is 0.474. The number of likely N-dealkylation sites (N-methyl/N-ethyl adjacent to an activating group) is 1. The van der Waals surface area contributed by atoms with Crippen LogP contribution in [0.3, 0.4) is 0 Å². The predicted octanol–water partition coefficient (Wildman–Crippen LogP) is 1.14. The van der Waals surface area contributed by atoms with Crippen LogP contribution >= 0.6 is 0 Å². The van der Waals surface area contributed by atoms with Crippen molar-refractivity contribution in [3.05, 3.63) is 36.5 Å². The summed E-state index contributed by atoms with van der Waals surface area (Å²) in [5, 5.41) is 0. The van der Waals surface area contributed by atoms with Gasteiger partial charge in [0, 0.05) is 26.3 Å². The molecule has 1 aliphatic heterocycles. The number of hydrogen-bond acceptors (Lipinski definition) is 2. The first-order chi connectivity index (χ1) is 7.09. The molecule has 15 heavy (non-hydrogen) atoms. The summed E-state index contributed by atoms with van der Waals surface area (Å²) in [5.74, 6) is 0.0279. The zero-order valence-corrected chi connectivity index (χ0v) is 9.06. The molecule has 0 saturated carbocycles. The Bertz CT molecular complexity index is 354. The molecular weight excluding hydrogens is 190 g/mol. The normalized spacial score (nSPS) is 34.5. The van der Waals surface area contributed by atoms with Gasteiger partial charge in [0.1, 0.15) is 0 Å². The fourth-order valence-corrected chi connectivity index (χ4v) is 2.11. The predicted molar refractivity (Wildman–Crippen MR) is 58.3 cm³/mol. The summed E-state index contributed by atoms with van der Waals surface area (Å²) >= 11 is 0. The lowest BCUT2D eigenvalue weighted by Crippen LogP contribution is -2.25. The van der Waals surface area contributed by atoms with Gasteiger partial charge >= 0.3 is 0 Å². The van der Waals surface area contributed by atoms with Gasteiger partial charge in [-0.25, -0.2) is 0 Å². The van der Waals surface area contributed by atoms with E-state index in [1.54, 1.807) is 19.1 Å². The standard InChI is InChI=1S/C12H15NO2/c1-9-11(14)13(2)8-12(9)6-4-10(15-3)5-7-12/h4-7,10H,1,8H2,2-3H3. The number of rotatable bonds is 1. The maximum absolute atomic E-state index is 11.7. The monoisotopic (exact) mass is 205 g/mol. The SMILES string of the molecule is C=C1C(=O)N(C)CC12C=CC(OC)C=C2. The molecule has 3 nitrogen and oxygen atoms in total. The van der Waals surface area contributed by atoms with E-state index in [4.69, 9.17) is 4.74 Å². The van der Waals surface area contributed by atoms with Crippen LogP contribution in [-0.4, -0.2) is 37.6 Å². The van der Waals surface area contributed by atoms with Crippen LogP contribution in [0.15, 0.2) is 36.5 Å². The van der Waals surface area contributed by atoms with Gasteiger partial charge < -0.3 is 9.64 Å². The van der Waals surface area contributed by atoms with Crippen molar-refractivity contribution >= 4 is 5.91 Å². The average molecular weight is 205 g/mol. The molecule has 1 fully saturated rings. The van der Waals surface area contributed by atoms with Crippen LogP contribution in [0.2, 0.25) is 0 Å². The topological polar surface area (TPSA) is 29.5 Å². The average Bonchev–Trinajstić information content (AvgIpc) is 2.45. The van der Waals surface area contributed by atoms with Crippen LogP contribution < -0.4 is 0 Å². The van der Waals surface area contributed by atoms with Crippen LogP contribution in [0.25, 0.3) is 0 Å². The lowest BCUT2D eigenvalue weighted by Gasteiger charge is -2.25. The summed E-state index contributed by atoms with van der Waals surface area (Å²) in [7, 11) is 3.46. The second-order valence-electron chi connectivity index (χ2n) is 4.10. The Morgan fingerprint density at radius 2 is 2.13 bits per heavy atom. The Kier molecular flexibility index (Phi) is 2.27. The van der Waals surface area contributed by atoms with Crippen LogP contribution in [0, 0.1) is 5.41 Å². The molecular formula is C12H15NO2. The van der Waals surface area contributed by atoms with Gasteiger partial charge in [0.2, 0.25) is 5.91 Å². The first-order valence-corrected chi connectivity index (χ1v) is 4.95. The van der Waals surface area contributed by atoms with Gasteiger partial charge in [-0.05, 0) is 0 Å². The van der Waals surface area contributed by atoms with E-state index in [1.165, 1.54) is 0 Å². The van der Waals surface area contributed by atoms with E-state index in [0.29, 0.717) is 12.1 Å². The van der Waals surface area contributed by atoms with Crippen molar-refractivity contribution in [2.75, 3.05) is 20.7 Å². The first-order valence-electron chi connectivity index (χ1n) is 4.95. The van der Waals surface area contributed by atoms with Crippen LogP contribution in [0.1, 0.15) is 0 Å². The summed E-state index contributed by atoms with van der Waals surface area (Å²) < 4.78 is 5.18. The molecule has 0 unspecified atom stereocenters. The number of amides is 1. The van der Waals surface area contributed by atoms with E-state index >= 15 is 0 Å². The molecule has 0 radical (unpaired) electrons. The van der Waals surface area contributed by atoms with Crippen LogP contribution in [0.5, 0.6) is 0 Å². The zero-order valence-electron chi connectivity index (χ0n) is 9.06. The lowest BCUT2D eigenvalue weighted by molar-refractivity contribution is -0.123. The largest absolute Gasteiger partial charge is 0.373 e. The highest BCUT2D eigenvalue weighted by Crippen LogP contribution is 2.39. The summed E-state index contributed by atoms with van der Waals surface area (Å²) in [6.45, 7) is 4.55. The first kappa shape index (κ1) is 10.2. The van der Waals surface area contributed by atoms with Crippen molar-refractivity contribution in [1.29, 1.82) is 0 Å². The number of ether oxygens (including phenoxy) is 1. The molecule has 3 heteroatoms. The molecule has 0 N–H and O–H groups in total. The van der Waals surface area contributed by atoms with Crippen molar-refractivity contribution in [2.45, 2.75) is 6.10 Å². The zero-order chi connectivity index (χ0) is 11.1. The number of likely N-dealkylation sites (tertiary alicyclic amines) is 1. The molecule has 1 spiro atoms. The second kappa shape index (κ2) is 3.35. The Hall–Kier alpha value is -1.35. The van der Waals surface area contributed by atoms with Crippen molar-refractivity contribution in [1.82, 2.24) is 4.90 Å². The van der Waals surface area contributed by atoms with Crippen LogP contribution in [-0.2, 0) is 9.53 Å². The van der Waals surface area contributed by atoms with Gasteiger partial charge in [0.25, 0.3) is 0 Å². The Morgan fingerprint density at radius 1 is 1.53 bits per heavy atom. The second-order valence-corrected chi connectivity index (χ2v) is 4.10. The number of hydrogen-bond donors (Lipinski definition) is 0. The van der Waals surface area contributed by atoms with E-state index < -0.39 is 0 Å². The molecule has 0 aromatic rings. The minimum absolute atomic E-state index is 0.0180. The molecule has 80 valence electrons. The summed E-state index contributed by atoms with van der Waals surface area (Å²) in [5.41, 5.74) is 0.341. The maximum Gasteiger partial charge on any atom is 0.250 e. The molecule has 0 atom stereocenters. The van der Waals surface area contributed by atoms with Crippen molar-refractivity contribution in [3.8, 4) is 0 Å². The lowest BCUT2D eigenvalue weighted by atomic mass is 9.79. The number of carbonyl (C=O) groups excluding carboxylic acids is 1. The van der Waals surface area contributed by atoms with Crippen molar-refractivity contribution < 1.29 is 9.53 Å². The minimum atomic E-state index is -0.305. The minimum Gasteiger partial charge on any atom is -0.373 e. The highest BCUT2D eigenvalue weighted by atomic mass is 16.5.